The minimum absolute atomic E-state index is 0.543. The third-order valence-corrected chi connectivity index (χ3v) is 1.08. The van der Waals surface area contributed by atoms with Crippen LogP contribution in [-0.2, 0) is 4.79 Å². The topological polar surface area (TPSA) is 57.5 Å². The molecule has 2 N–H and O–H groups in total. The normalized spacial score (nSPS) is 11.8. The fourth-order valence-electron chi connectivity index (χ4n) is 0.101. The van der Waals surface area contributed by atoms with Crippen molar-refractivity contribution in [3.8, 4) is 0 Å². The first kappa shape index (κ1) is 14.1. The number of carboxylic acid groups (broad SMARTS) is 1. The molecule has 0 aromatic carbocycles. The van der Waals surface area contributed by atoms with Gasteiger partial charge in [0.2, 0.25) is 0 Å². The maximum atomic E-state index is 9.66. The van der Waals surface area contributed by atoms with Gasteiger partial charge in [0.05, 0.1) is 0 Å². The van der Waals surface area contributed by atoms with Gasteiger partial charge in [-0.1, -0.05) is 0 Å². The van der Waals surface area contributed by atoms with Crippen LogP contribution in [0.3, 0.4) is 0 Å². The predicted molar refractivity (Wildman–Crippen MR) is 50.5 cm³/mol. The van der Waals surface area contributed by atoms with Crippen LogP contribution in [0.1, 0.15) is 0 Å². The Labute approximate surface area is 78.9 Å². The van der Waals surface area contributed by atoms with E-state index in [9.17, 15) is 4.79 Å². The molecule has 11 heavy (non-hydrogen) atoms. The molecule has 67 valence electrons. The van der Waals surface area contributed by atoms with Crippen molar-refractivity contribution in [3.05, 3.63) is 0 Å². The van der Waals surface area contributed by atoms with E-state index in [1.807, 2.05) is 0 Å². The number of carboxylic acids is 1. The number of hydrogen-bond donors (Lipinski definition) is 2. The average Bonchev–Trinajstić information content (AvgIpc) is 1.85. The molecule has 0 aromatic heterocycles. The molecule has 0 spiro atoms. The van der Waals surface area contributed by atoms with Crippen molar-refractivity contribution in [3.63, 3.8) is 0 Å². The molecule has 1 atom stereocenters. The van der Waals surface area contributed by atoms with Crippen molar-refractivity contribution in [1.82, 2.24) is 0 Å². The molecule has 1 unspecified atom stereocenters. The van der Waals surface area contributed by atoms with Crippen LogP contribution in [0.5, 0.6) is 0 Å². The zero-order valence-electron chi connectivity index (χ0n) is 7.29. The van der Waals surface area contributed by atoms with Crippen LogP contribution in [0.4, 0.5) is 0 Å². The molecule has 0 aliphatic heterocycles. The van der Waals surface area contributed by atoms with Crippen LogP contribution < -0.4 is 0 Å². The summed E-state index contributed by atoms with van der Waals surface area (Å²) in [4.78, 5) is 16.7. The second kappa shape index (κ2) is 8.67. The molecule has 0 fully saturated rings. The van der Waals surface area contributed by atoms with E-state index in [0.717, 1.165) is 11.8 Å². The summed E-state index contributed by atoms with van der Waals surface area (Å²) >= 11 is 0.346. The Hall–Kier alpha value is 0.579. The summed E-state index contributed by atoms with van der Waals surface area (Å²) in [6.07, 6.45) is 1.53. The van der Waals surface area contributed by atoms with Crippen LogP contribution in [0, 0.1) is 0 Å². The summed E-state index contributed by atoms with van der Waals surface area (Å²) in [7, 11) is 0. The Balaban J connectivity index is 0. The number of carbonyl (C=O) groups is 1. The number of aliphatic hydroxyl groups excluding tert-OH is 1. The molecular weight excluding hydrogens is 271 g/mol. The quantitative estimate of drug-likeness (QED) is 0.590. The first-order valence-corrected chi connectivity index (χ1v) is 13.0. The zero-order valence-corrected chi connectivity index (χ0v) is 11.0. The van der Waals surface area contributed by atoms with E-state index in [1.165, 1.54) is 6.26 Å². The second-order valence-corrected chi connectivity index (χ2v) is 11.9. The molecule has 0 saturated heterocycles. The average molecular weight is 286 g/mol. The van der Waals surface area contributed by atoms with Crippen molar-refractivity contribution in [1.29, 1.82) is 0 Å². The van der Waals surface area contributed by atoms with Gasteiger partial charge in [-0.3, -0.25) is 0 Å². The third-order valence-electron chi connectivity index (χ3n) is 0.435. The summed E-state index contributed by atoms with van der Waals surface area (Å²) in [5.74, 6) is -1.19. The second-order valence-electron chi connectivity index (χ2n) is 2.43. The SMILES string of the molecule is CSC(O)C(=O)O.[CH3][Sn]([CH3])[CH3]. The first-order chi connectivity index (χ1) is 4.91. The molecular formula is C6H15O3SSn. The molecule has 0 bridgehead atoms. The standard InChI is InChI=1S/C3H6O3S.3CH3.Sn/c1-7-3(6)2(4)5;;;;/h3,6H,1H3,(H,4,5);3*1H3;. The molecule has 0 amide bonds. The van der Waals surface area contributed by atoms with Gasteiger partial charge in [0.25, 0.3) is 0 Å². The van der Waals surface area contributed by atoms with Crippen LogP contribution in [-0.4, -0.2) is 47.6 Å². The van der Waals surface area contributed by atoms with Gasteiger partial charge in [-0.15, -0.1) is 11.8 Å². The van der Waals surface area contributed by atoms with Crippen LogP contribution in [0.15, 0.2) is 0 Å². The molecule has 0 aromatic rings. The van der Waals surface area contributed by atoms with Crippen molar-refractivity contribution >= 4 is 37.5 Å². The minimum atomic E-state index is -1.26. The van der Waals surface area contributed by atoms with E-state index in [1.54, 1.807) is 0 Å². The van der Waals surface area contributed by atoms with Crippen LogP contribution in [0.25, 0.3) is 0 Å². The Bertz CT molecular complexity index is 105. The van der Waals surface area contributed by atoms with Gasteiger partial charge < -0.3 is 10.2 Å². The summed E-state index contributed by atoms with van der Waals surface area (Å²) in [6.45, 7) is 0. The van der Waals surface area contributed by atoms with E-state index < -0.39 is 31.2 Å². The van der Waals surface area contributed by atoms with Gasteiger partial charge in [0, 0.05) is 0 Å². The molecule has 1 radical (unpaired) electrons. The van der Waals surface area contributed by atoms with Crippen molar-refractivity contribution < 1.29 is 15.0 Å². The Morgan fingerprint density at radius 2 is 1.73 bits per heavy atom. The third kappa shape index (κ3) is 18.0. The van der Waals surface area contributed by atoms with Gasteiger partial charge >= 0.3 is 40.5 Å². The van der Waals surface area contributed by atoms with E-state index in [4.69, 9.17) is 10.2 Å². The van der Waals surface area contributed by atoms with Crippen LogP contribution >= 0.6 is 11.8 Å². The Kier molecular flexibility index (Phi) is 11.1. The number of aliphatic carboxylic acids is 1. The fourth-order valence-corrected chi connectivity index (χ4v) is 0.302. The summed E-state index contributed by atoms with van der Waals surface area (Å²) in [5, 5.41) is 16.2. The summed E-state index contributed by atoms with van der Waals surface area (Å²) in [6, 6.07) is 0. The van der Waals surface area contributed by atoms with Crippen molar-refractivity contribution in [2.24, 2.45) is 0 Å². The maximum absolute atomic E-state index is 9.66. The van der Waals surface area contributed by atoms with Crippen LogP contribution in [0.2, 0.25) is 14.8 Å². The molecule has 0 aliphatic carbocycles. The van der Waals surface area contributed by atoms with E-state index in [-0.39, 0.29) is 0 Å². The molecule has 5 heteroatoms. The van der Waals surface area contributed by atoms with Gasteiger partial charge in [0.1, 0.15) is 0 Å². The van der Waals surface area contributed by atoms with Gasteiger partial charge in [-0.25, -0.2) is 4.79 Å². The van der Waals surface area contributed by atoms with Gasteiger partial charge in [-0.05, 0) is 6.26 Å². The monoisotopic (exact) mass is 287 g/mol. The summed E-state index contributed by atoms with van der Waals surface area (Å²) in [5.41, 5.74) is -1.26. The molecule has 0 saturated carbocycles. The van der Waals surface area contributed by atoms with E-state index in [0.29, 0.717) is 0 Å². The fraction of sp³-hybridized carbons (Fsp3) is 0.833. The number of thioether (sulfide) groups is 1. The van der Waals surface area contributed by atoms with E-state index in [2.05, 4.69) is 14.8 Å². The molecule has 3 nitrogen and oxygen atoms in total. The van der Waals surface area contributed by atoms with Crippen molar-refractivity contribution in [2.45, 2.75) is 20.3 Å². The molecule has 0 aliphatic rings. The van der Waals surface area contributed by atoms with E-state index >= 15 is 0 Å². The molecule has 0 heterocycles. The van der Waals surface area contributed by atoms with Crippen molar-refractivity contribution in [2.75, 3.05) is 6.26 Å². The number of hydrogen-bond acceptors (Lipinski definition) is 3. The number of aliphatic hydroxyl groups is 1. The van der Waals surface area contributed by atoms with Gasteiger partial charge in [0.15, 0.2) is 5.44 Å². The number of rotatable bonds is 2. The van der Waals surface area contributed by atoms with Gasteiger partial charge in [-0.2, -0.15) is 0 Å². The first-order valence-electron chi connectivity index (χ1n) is 3.12. The Morgan fingerprint density at radius 1 is 1.45 bits per heavy atom. The summed E-state index contributed by atoms with van der Waals surface area (Å²) < 4.78 is 0. The predicted octanol–water partition coefficient (Wildman–Crippen LogP) is 1.12. The Morgan fingerprint density at radius 3 is 1.73 bits per heavy atom. The zero-order chi connectivity index (χ0) is 9.44. The molecule has 0 rings (SSSR count).